The van der Waals surface area contributed by atoms with E-state index in [-0.39, 0.29) is 5.91 Å². The number of pyridine rings is 1. The van der Waals surface area contributed by atoms with Gasteiger partial charge in [0.2, 0.25) is 0 Å². The predicted octanol–water partition coefficient (Wildman–Crippen LogP) is 3.14. The Bertz CT molecular complexity index is 828. The molecule has 1 amide bonds. The standard InChI is InChI=1S/C18H15N3O/c1-13(20-21-18(22)15-8-10-19-11-9-15)16-7-6-14-4-2-3-5-17(14)12-16/h2-12,20H,1H2,(H,21,22). The number of carbonyl (C=O) groups excluding carboxylic acids is 1. The predicted molar refractivity (Wildman–Crippen MR) is 87.8 cm³/mol. The van der Waals surface area contributed by atoms with Crippen molar-refractivity contribution in [3.63, 3.8) is 0 Å². The van der Waals surface area contributed by atoms with Crippen molar-refractivity contribution in [1.82, 2.24) is 15.8 Å². The first-order valence-electron chi connectivity index (χ1n) is 6.88. The minimum atomic E-state index is -0.232. The quantitative estimate of drug-likeness (QED) is 0.725. The van der Waals surface area contributed by atoms with Crippen molar-refractivity contribution < 1.29 is 4.79 Å². The molecule has 1 aromatic heterocycles. The summed E-state index contributed by atoms with van der Waals surface area (Å²) in [6, 6.07) is 17.4. The number of hydrazine groups is 1. The maximum Gasteiger partial charge on any atom is 0.269 e. The van der Waals surface area contributed by atoms with Crippen LogP contribution in [0.5, 0.6) is 0 Å². The highest BCUT2D eigenvalue weighted by Gasteiger charge is 2.05. The maximum atomic E-state index is 12.0. The second-order valence-electron chi connectivity index (χ2n) is 4.86. The lowest BCUT2D eigenvalue weighted by molar-refractivity contribution is 0.0942. The zero-order valence-corrected chi connectivity index (χ0v) is 11.9. The van der Waals surface area contributed by atoms with Crippen molar-refractivity contribution in [1.29, 1.82) is 0 Å². The third kappa shape index (κ3) is 2.96. The fourth-order valence-electron chi connectivity index (χ4n) is 2.16. The fraction of sp³-hybridized carbons (Fsp3) is 0. The van der Waals surface area contributed by atoms with Gasteiger partial charge in [0.05, 0.1) is 5.70 Å². The number of hydrogen-bond donors (Lipinski definition) is 2. The number of hydrogen-bond acceptors (Lipinski definition) is 3. The van der Waals surface area contributed by atoms with E-state index in [2.05, 4.69) is 28.5 Å². The molecule has 2 N–H and O–H groups in total. The van der Waals surface area contributed by atoms with E-state index in [9.17, 15) is 4.79 Å². The monoisotopic (exact) mass is 289 g/mol. The summed E-state index contributed by atoms with van der Waals surface area (Å²) >= 11 is 0. The highest BCUT2D eigenvalue weighted by Crippen LogP contribution is 2.18. The molecule has 0 aliphatic heterocycles. The van der Waals surface area contributed by atoms with Crippen LogP contribution in [0.3, 0.4) is 0 Å². The molecule has 3 rings (SSSR count). The van der Waals surface area contributed by atoms with Crippen LogP contribution < -0.4 is 10.9 Å². The summed E-state index contributed by atoms with van der Waals surface area (Å²) in [7, 11) is 0. The molecule has 0 aliphatic rings. The first-order chi connectivity index (χ1) is 10.7. The van der Waals surface area contributed by atoms with Crippen molar-refractivity contribution in [2.24, 2.45) is 0 Å². The van der Waals surface area contributed by atoms with Gasteiger partial charge in [0.1, 0.15) is 0 Å². The average molecular weight is 289 g/mol. The highest BCUT2D eigenvalue weighted by atomic mass is 16.2. The van der Waals surface area contributed by atoms with Crippen LogP contribution in [-0.4, -0.2) is 10.9 Å². The molecule has 0 bridgehead atoms. The molecule has 22 heavy (non-hydrogen) atoms. The molecule has 0 aliphatic carbocycles. The Labute approximate surface area is 128 Å². The van der Waals surface area contributed by atoms with Gasteiger partial charge in [0.15, 0.2) is 0 Å². The smallest absolute Gasteiger partial charge is 0.269 e. The van der Waals surface area contributed by atoms with Crippen molar-refractivity contribution >= 4 is 22.4 Å². The topological polar surface area (TPSA) is 54.0 Å². The molecule has 1 heterocycles. The van der Waals surface area contributed by atoms with Gasteiger partial charge < -0.3 is 0 Å². The lowest BCUT2D eigenvalue weighted by Crippen LogP contribution is -2.35. The van der Waals surface area contributed by atoms with Gasteiger partial charge in [-0.1, -0.05) is 43.0 Å². The minimum absolute atomic E-state index is 0.232. The highest BCUT2D eigenvalue weighted by molar-refractivity contribution is 5.94. The molecule has 0 radical (unpaired) electrons. The van der Waals surface area contributed by atoms with Crippen molar-refractivity contribution in [3.05, 3.63) is 84.7 Å². The summed E-state index contributed by atoms with van der Waals surface area (Å²) in [4.78, 5) is 15.8. The van der Waals surface area contributed by atoms with Crippen LogP contribution in [0.25, 0.3) is 16.5 Å². The fourth-order valence-corrected chi connectivity index (χ4v) is 2.16. The van der Waals surface area contributed by atoms with E-state index >= 15 is 0 Å². The number of nitrogens with zero attached hydrogens (tertiary/aromatic N) is 1. The lowest BCUT2D eigenvalue weighted by atomic mass is 10.1. The van der Waals surface area contributed by atoms with Gasteiger partial charge in [-0.25, -0.2) is 0 Å². The van der Waals surface area contributed by atoms with Gasteiger partial charge in [0, 0.05) is 18.0 Å². The Kier molecular flexibility index (Phi) is 3.83. The molecule has 0 saturated carbocycles. The molecule has 0 unspecified atom stereocenters. The van der Waals surface area contributed by atoms with Crippen LogP contribution in [0, 0.1) is 0 Å². The number of aromatic nitrogens is 1. The number of amides is 1. The largest absolute Gasteiger partial charge is 0.298 e. The lowest BCUT2D eigenvalue weighted by Gasteiger charge is -2.12. The Morgan fingerprint density at radius 1 is 0.864 bits per heavy atom. The molecule has 2 aromatic carbocycles. The zero-order chi connectivity index (χ0) is 15.4. The van der Waals surface area contributed by atoms with E-state index in [0.717, 1.165) is 10.9 Å². The summed E-state index contributed by atoms with van der Waals surface area (Å²) in [5.41, 5.74) is 7.57. The van der Waals surface area contributed by atoms with E-state index in [1.54, 1.807) is 24.5 Å². The van der Waals surface area contributed by atoms with Crippen molar-refractivity contribution in [2.75, 3.05) is 0 Å². The molecular formula is C18H15N3O. The summed E-state index contributed by atoms with van der Waals surface area (Å²) < 4.78 is 0. The maximum absolute atomic E-state index is 12.0. The van der Waals surface area contributed by atoms with Crippen molar-refractivity contribution in [2.45, 2.75) is 0 Å². The van der Waals surface area contributed by atoms with Crippen LogP contribution in [-0.2, 0) is 0 Å². The van der Waals surface area contributed by atoms with Crippen LogP contribution in [0.4, 0.5) is 0 Å². The van der Waals surface area contributed by atoms with Gasteiger partial charge in [-0.15, -0.1) is 0 Å². The Balaban J connectivity index is 1.69. The molecule has 0 atom stereocenters. The zero-order valence-electron chi connectivity index (χ0n) is 11.9. The van der Waals surface area contributed by atoms with Crippen LogP contribution in [0.15, 0.2) is 73.6 Å². The molecule has 0 spiro atoms. The summed E-state index contributed by atoms with van der Waals surface area (Å²) in [6.07, 6.45) is 3.15. The first-order valence-corrected chi connectivity index (χ1v) is 6.88. The number of nitrogens with one attached hydrogen (secondary N) is 2. The number of fused-ring (bicyclic) bond motifs is 1. The molecule has 4 nitrogen and oxygen atoms in total. The Morgan fingerprint density at radius 3 is 2.36 bits per heavy atom. The second kappa shape index (κ2) is 6.10. The average Bonchev–Trinajstić information content (AvgIpc) is 2.59. The normalized spacial score (nSPS) is 10.2. The third-order valence-corrected chi connectivity index (χ3v) is 3.37. The number of rotatable bonds is 4. The second-order valence-corrected chi connectivity index (χ2v) is 4.86. The first kappa shape index (κ1) is 13.8. The van der Waals surface area contributed by atoms with Gasteiger partial charge >= 0.3 is 0 Å². The van der Waals surface area contributed by atoms with E-state index in [4.69, 9.17) is 0 Å². The van der Waals surface area contributed by atoms with Crippen LogP contribution in [0.1, 0.15) is 15.9 Å². The number of carbonyl (C=O) groups is 1. The van der Waals surface area contributed by atoms with E-state index in [1.165, 1.54) is 5.39 Å². The minimum Gasteiger partial charge on any atom is -0.298 e. The van der Waals surface area contributed by atoms with Crippen LogP contribution in [0.2, 0.25) is 0 Å². The SMILES string of the molecule is C=C(NNC(=O)c1ccncc1)c1ccc2ccccc2c1. The summed E-state index contributed by atoms with van der Waals surface area (Å²) in [5.74, 6) is -0.232. The molecule has 3 aromatic rings. The van der Waals surface area contributed by atoms with E-state index in [0.29, 0.717) is 11.3 Å². The summed E-state index contributed by atoms with van der Waals surface area (Å²) in [5, 5.41) is 2.29. The molecule has 0 saturated heterocycles. The number of benzene rings is 2. The van der Waals surface area contributed by atoms with Gasteiger partial charge in [-0.2, -0.15) is 0 Å². The van der Waals surface area contributed by atoms with Gasteiger partial charge in [0.25, 0.3) is 5.91 Å². The van der Waals surface area contributed by atoms with E-state index < -0.39 is 0 Å². The Hall–Kier alpha value is -3.14. The molecule has 108 valence electrons. The van der Waals surface area contributed by atoms with Crippen LogP contribution >= 0.6 is 0 Å². The van der Waals surface area contributed by atoms with E-state index in [1.807, 2.05) is 36.4 Å². The Morgan fingerprint density at radius 2 is 1.59 bits per heavy atom. The summed E-state index contributed by atoms with van der Waals surface area (Å²) in [6.45, 7) is 3.96. The molecular weight excluding hydrogens is 274 g/mol. The third-order valence-electron chi connectivity index (χ3n) is 3.37. The molecule has 4 heteroatoms. The van der Waals surface area contributed by atoms with Gasteiger partial charge in [-0.3, -0.25) is 20.6 Å². The molecule has 0 fully saturated rings. The van der Waals surface area contributed by atoms with Crippen molar-refractivity contribution in [3.8, 4) is 0 Å². The van der Waals surface area contributed by atoms with Gasteiger partial charge in [-0.05, 0) is 34.5 Å².